The highest BCUT2D eigenvalue weighted by atomic mass is 16.2. The number of H-pyrrole nitrogens is 1. The first-order chi connectivity index (χ1) is 12.1. The third-order valence-corrected chi connectivity index (χ3v) is 4.42. The maximum Gasteiger partial charge on any atom is 0.260 e. The van der Waals surface area contributed by atoms with E-state index in [9.17, 15) is 14.4 Å². The molecule has 25 heavy (non-hydrogen) atoms. The van der Waals surface area contributed by atoms with E-state index < -0.39 is 11.5 Å². The molecule has 1 aliphatic heterocycles. The largest absolute Gasteiger partial charge is 0.352 e. The first-order valence-electron chi connectivity index (χ1n) is 8.41. The van der Waals surface area contributed by atoms with Crippen molar-refractivity contribution in [3.8, 4) is 0 Å². The third kappa shape index (κ3) is 4.35. The second kappa shape index (κ2) is 7.79. The normalized spacial score (nSPS) is 16.9. The minimum atomic E-state index is -0.410. The fourth-order valence-electron chi connectivity index (χ4n) is 3.05. The van der Waals surface area contributed by atoms with Gasteiger partial charge in [-0.2, -0.15) is 0 Å². The average molecular weight is 339 g/mol. The van der Waals surface area contributed by atoms with E-state index in [2.05, 4.69) is 22.4 Å². The van der Waals surface area contributed by atoms with Crippen molar-refractivity contribution >= 4 is 11.8 Å². The zero-order valence-corrected chi connectivity index (χ0v) is 13.9. The number of likely N-dealkylation sites (tertiary alicyclic amines) is 1. The quantitative estimate of drug-likeness (QED) is 0.829. The number of amides is 2. The summed E-state index contributed by atoms with van der Waals surface area (Å²) in [5.74, 6) is -0.209. The average Bonchev–Trinajstić information content (AvgIpc) is 2.99. The number of benzene rings is 1. The number of pyridine rings is 1. The van der Waals surface area contributed by atoms with Crippen LogP contribution in [0.25, 0.3) is 0 Å². The molecule has 2 amide bonds. The van der Waals surface area contributed by atoms with Gasteiger partial charge in [-0.15, -0.1) is 0 Å². The standard InChI is InChI=1S/C19H21N3O3/c23-17-11-15(12-21-19(25)16-7-4-9-20-18(16)24)13-22(17)10-8-14-5-2-1-3-6-14/h1-7,9,15H,8,10-13H2,(H,20,24)(H,21,25). The minimum absolute atomic E-state index is 0.0787. The Morgan fingerprint density at radius 3 is 2.72 bits per heavy atom. The molecule has 1 fully saturated rings. The van der Waals surface area contributed by atoms with E-state index in [1.165, 1.54) is 17.8 Å². The molecule has 0 radical (unpaired) electrons. The van der Waals surface area contributed by atoms with Crippen molar-refractivity contribution < 1.29 is 9.59 Å². The Morgan fingerprint density at radius 2 is 1.96 bits per heavy atom. The second-order valence-electron chi connectivity index (χ2n) is 6.27. The van der Waals surface area contributed by atoms with E-state index in [1.807, 2.05) is 23.1 Å². The van der Waals surface area contributed by atoms with Gasteiger partial charge >= 0.3 is 0 Å². The van der Waals surface area contributed by atoms with Crippen LogP contribution in [-0.2, 0) is 11.2 Å². The molecular formula is C19H21N3O3. The lowest BCUT2D eigenvalue weighted by Crippen LogP contribution is -2.34. The second-order valence-corrected chi connectivity index (χ2v) is 6.27. The summed E-state index contributed by atoms with van der Waals surface area (Å²) < 4.78 is 0. The molecule has 2 aromatic rings. The number of aromatic amines is 1. The predicted octanol–water partition coefficient (Wildman–Crippen LogP) is 1.20. The van der Waals surface area contributed by atoms with Crippen molar-refractivity contribution in [2.24, 2.45) is 5.92 Å². The van der Waals surface area contributed by atoms with Gasteiger partial charge in [0.15, 0.2) is 0 Å². The van der Waals surface area contributed by atoms with Gasteiger partial charge in [0.2, 0.25) is 5.91 Å². The number of carbonyl (C=O) groups is 2. The van der Waals surface area contributed by atoms with Gasteiger partial charge in [0, 0.05) is 38.2 Å². The summed E-state index contributed by atoms with van der Waals surface area (Å²) in [5, 5.41) is 2.76. The smallest absolute Gasteiger partial charge is 0.260 e. The lowest BCUT2D eigenvalue weighted by molar-refractivity contribution is -0.127. The van der Waals surface area contributed by atoms with Crippen molar-refractivity contribution in [1.29, 1.82) is 0 Å². The van der Waals surface area contributed by atoms with E-state index in [0.29, 0.717) is 26.1 Å². The number of hydrogen-bond acceptors (Lipinski definition) is 3. The van der Waals surface area contributed by atoms with Gasteiger partial charge in [0.05, 0.1) is 0 Å². The number of aromatic nitrogens is 1. The summed E-state index contributed by atoms with van der Waals surface area (Å²) >= 11 is 0. The summed E-state index contributed by atoms with van der Waals surface area (Å²) in [6.07, 6.45) is 2.74. The van der Waals surface area contributed by atoms with Crippen LogP contribution in [0.5, 0.6) is 0 Å². The van der Waals surface area contributed by atoms with Gasteiger partial charge in [0.1, 0.15) is 5.56 Å². The van der Waals surface area contributed by atoms with Crippen molar-refractivity contribution in [2.75, 3.05) is 19.6 Å². The van der Waals surface area contributed by atoms with Crippen LogP contribution in [0, 0.1) is 5.92 Å². The predicted molar refractivity (Wildman–Crippen MR) is 94.2 cm³/mol. The van der Waals surface area contributed by atoms with Crippen LogP contribution >= 0.6 is 0 Å². The molecule has 6 nitrogen and oxygen atoms in total. The summed E-state index contributed by atoms with van der Waals surface area (Å²) in [6, 6.07) is 13.2. The third-order valence-electron chi connectivity index (χ3n) is 4.42. The molecule has 2 heterocycles. The van der Waals surface area contributed by atoms with E-state index in [-0.39, 0.29) is 17.4 Å². The van der Waals surface area contributed by atoms with Crippen LogP contribution in [0.2, 0.25) is 0 Å². The van der Waals surface area contributed by atoms with Crippen LogP contribution in [0.4, 0.5) is 0 Å². The summed E-state index contributed by atoms with van der Waals surface area (Å²) in [7, 11) is 0. The Labute approximate surface area is 145 Å². The molecule has 130 valence electrons. The summed E-state index contributed by atoms with van der Waals surface area (Å²) in [4.78, 5) is 40.1. The zero-order valence-electron chi connectivity index (χ0n) is 13.9. The molecule has 1 aliphatic rings. The Morgan fingerprint density at radius 1 is 1.16 bits per heavy atom. The monoisotopic (exact) mass is 339 g/mol. The number of rotatable bonds is 6. The van der Waals surface area contributed by atoms with E-state index in [4.69, 9.17) is 0 Å². The Balaban J connectivity index is 1.48. The molecule has 0 saturated carbocycles. The number of nitrogens with zero attached hydrogens (tertiary/aromatic N) is 1. The number of nitrogens with one attached hydrogen (secondary N) is 2. The van der Waals surface area contributed by atoms with Gasteiger partial charge < -0.3 is 15.2 Å². The van der Waals surface area contributed by atoms with Crippen molar-refractivity contribution in [3.63, 3.8) is 0 Å². The number of hydrogen-bond donors (Lipinski definition) is 2. The minimum Gasteiger partial charge on any atom is -0.352 e. The molecule has 0 bridgehead atoms. The van der Waals surface area contributed by atoms with E-state index in [1.54, 1.807) is 6.07 Å². The fourth-order valence-corrected chi connectivity index (χ4v) is 3.05. The first kappa shape index (κ1) is 17.0. The van der Waals surface area contributed by atoms with E-state index in [0.717, 1.165) is 6.42 Å². The molecule has 6 heteroatoms. The topological polar surface area (TPSA) is 82.3 Å². The highest BCUT2D eigenvalue weighted by molar-refractivity contribution is 5.93. The Bertz CT molecular complexity index is 801. The highest BCUT2D eigenvalue weighted by Crippen LogP contribution is 2.17. The molecule has 0 spiro atoms. The van der Waals surface area contributed by atoms with Gasteiger partial charge in [0.25, 0.3) is 11.5 Å². The van der Waals surface area contributed by atoms with Crippen LogP contribution in [-0.4, -0.2) is 41.3 Å². The Hall–Kier alpha value is -2.89. The molecule has 3 rings (SSSR count). The van der Waals surface area contributed by atoms with Gasteiger partial charge in [-0.25, -0.2) is 0 Å². The van der Waals surface area contributed by atoms with Crippen LogP contribution in [0.15, 0.2) is 53.5 Å². The van der Waals surface area contributed by atoms with Crippen LogP contribution in [0.3, 0.4) is 0 Å². The first-order valence-corrected chi connectivity index (χ1v) is 8.41. The zero-order chi connectivity index (χ0) is 17.6. The molecular weight excluding hydrogens is 318 g/mol. The summed E-state index contributed by atoms with van der Waals surface area (Å²) in [6.45, 7) is 1.71. The fraction of sp³-hybridized carbons (Fsp3) is 0.316. The molecule has 1 atom stereocenters. The maximum absolute atomic E-state index is 12.1. The van der Waals surface area contributed by atoms with Crippen molar-refractivity contribution in [3.05, 3.63) is 70.1 Å². The van der Waals surface area contributed by atoms with Crippen LogP contribution in [0.1, 0.15) is 22.3 Å². The number of carbonyl (C=O) groups excluding carboxylic acids is 2. The van der Waals surface area contributed by atoms with E-state index >= 15 is 0 Å². The highest BCUT2D eigenvalue weighted by Gasteiger charge is 2.29. The molecule has 1 aromatic heterocycles. The van der Waals surface area contributed by atoms with Crippen LogP contribution < -0.4 is 10.9 Å². The molecule has 1 saturated heterocycles. The molecule has 2 N–H and O–H groups in total. The molecule has 0 aliphatic carbocycles. The van der Waals surface area contributed by atoms with Crippen molar-refractivity contribution in [1.82, 2.24) is 15.2 Å². The van der Waals surface area contributed by atoms with Crippen molar-refractivity contribution in [2.45, 2.75) is 12.8 Å². The molecule has 1 aromatic carbocycles. The summed E-state index contributed by atoms with van der Waals surface area (Å²) in [5.41, 5.74) is 0.884. The maximum atomic E-state index is 12.1. The van der Waals surface area contributed by atoms with Gasteiger partial charge in [-0.3, -0.25) is 14.4 Å². The molecule has 1 unspecified atom stereocenters. The lowest BCUT2D eigenvalue weighted by atomic mass is 10.1. The van der Waals surface area contributed by atoms with Gasteiger partial charge in [-0.05, 0) is 24.1 Å². The van der Waals surface area contributed by atoms with Gasteiger partial charge in [-0.1, -0.05) is 30.3 Å². The lowest BCUT2D eigenvalue weighted by Gasteiger charge is -2.17. The Kier molecular flexibility index (Phi) is 5.28. The SMILES string of the molecule is O=C(NCC1CC(=O)N(CCc2ccccc2)C1)c1ccc[nH]c1=O.